The summed E-state index contributed by atoms with van der Waals surface area (Å²) < 4.78 is 0. The Morgan fingerprint density at radius 3 is 2.13 bits per heavy atom. The molecular weight excluding hydrogens is 294 g/mol. The molecule has 1 aromatic carbocycles. The molecule has 5 heteroatoms. The number of carboxylic acid groups (broad SMARTS) is 1. The second-order valence-corrected chi connectivity index (χ2v) is 5.55. The fourth-order valence-electron chi connectivity index (χ4n) is 2.15. The first kappa shape index (κ1) is 16.8. The number of benzene rings is 1. The molecule has 0 aliphatic heterocycles. The Hall–Kier alpha value is -2.56. The molecule has 3 N–H and O–H groups in total. The number of amides is 1. The van der Waals surface area contributed by atoms with Crippen molar-refractivity contribution in [1.82, 2.24) is 5.32 Å². The molecule has 2 aliphatic carbocycles. The van der Waals surface area contributed by atoms with Crippen LogP contribution in [0.25, 0.3) is 0 Å². The minimum absolute atomic E-state index is 0.0669. The summed E-state index contributed by atoms with van der Waals surface area (Å²) in [5.41, 5.74) is 0.203. The highest BCUT2D eigenvalue weighted by atomic mass is 16.4. The summed E-state index contributed by atoms with van der Waals surface area (Å²) in [6.07, 6.45) is 12.6. The van der Waals surface area contributed by atoms with E-state index in [1.807, 2.05) is 0 Å². The van der Waals surface area contributed by atoms with E-state index in [-0.39, 0.29) is 23.1 Å². The lowest BCUT2D eigenvalue weighted by Gasteiger charge is -2.15. The van der Waals surface area contributed by atoms with Crippen LogP contribution in [0.2, 0.25) is 0 Å². The van der Waals surface area contributed by atoms with Crippen LogP contribution in [0.3, 0.4) is 0 Å². The maximum Gasteiger partial charge on any atom is 0.331 e. The summed E-state index contributed by atoms with van der Waals surface area (Å²) in [6, 6.07) is 4.91. The number of para-hydroxylation sites is 1. The van der Waals surface area contributed by atoms with Crippen molar-refractivity contribution in [1.29, 1.82) is 0 Å². The number of allylic oxidation sites excluding steroid dienone is 4. The van der Waals surface area contributed by atoms with E-state index in [0.717, 1.165) is 12.8 Å². The van der Waals surface area contributed by atoms with Gasteiger partial charge in [-0.3, -0.25) is 4.79 Å². The number of phenols is 1. The van der Waals surface area contributed by atoms with Crippen LogP contribution >= 0.6 is 0 Å². The van der Waals surface area contributed by atoms with Crippen molar-refractivity contribution in [2.45, 2.75) is 31.7 Å². The van der Waals surface area contributed by atoms with Crippen LogP contribution in [-0.2, 0) is 9.59 Å². The Bertz CT molecular complexity index is 605. The van der Waals surface area contributed by atoms with E-state index in [2.05, 4.69) is 29.6 Å². The Morgan fingerprint density at radius 1 is 1.09 bits per heavy atom. The maximum atomic E-state index is 11.5. The van der Waals surface area contributed by atoms with E-state index in [1.165, 1.54) is 25.0 Å². The van der Waals surface area contributed by atoms with Crippen LogP contribution in [0.5, 0.6) is 5.75 Å². The van der Waals surface area contributed by atoms with Crippen LogP contribution in [0, 0.1) is 5.92 Å². The maximum absolute atomic E-state index is 11.5. The van der Waals surface area contributed by atoms with E-state index in [0.29, 0.717) is 0 Å². The summed E-state index contributed by atoms with van der Waals surface area (Å²) in [5.74, 6) is -1.64. The molecule has 0 saturated heterocycles. The van der Waals surface area contributed by atoms with Crippen LogP contribution in [0.1, 0.15) is 37.3 Å². The first-order valence-corrected chi connectivity index (χ1v) is 7.72. The molecule has 0 radical (unpaired) electrons. The lowest BCUT2D eigenvalue weighted by molar-refractivity contribution is -0.142. The standard InChI is InChI=1S/C12H13NO4.C6H8/c14-9-4-2-1-3-8(9)10(12(16)17)13-11(15)7-5-6-7;1-2-4-6-5-3-1/h1-4,7,10,14H,5-6H2,(H,13,15)(H,16,17);1-4H,5-6H2. The molecule has 0 heterocycles. The SMILES string of the molecule is C1=CCCC=C1.O=C(NC(C(=O)O)c1ccccc1O)C1CC1. The number of rotatable bonds is 4. The third-order valence-electron chi connectivity index (χ3n) is 3.61. The average molecular weight is 315 g/mol. The lowest BCUT2D eigenvalue weighted by atomic mass is 10.1. The number of aromatic hydroxyl groups is 1. The van der Waals surface area contributed by atoms with Crippen molar-refractivity contribution in [3.63, 3.8) is 0 Å². The molecule has 1 unspecified atom stereocenters. The fourth-order valence-corrected chi connectivity index (χ4v) is 2.15. The first-order valence-electron chi connectivity index (χ1n) is 7.72. The minimum atomic E-state index is -1.19. The van der Waals surface area contributed by atoms with E-state index in [4.69, 9.17) is 5.11 Å². The third-order valence-corrected chi connectivity index (χ3v) is 3.61. The summed E-state index contributed by atoms with van der Waals surface area (Å²) >= 11 is 0. The molecule has 1 aromatic rings. The smallest absolute Gasteiger partial charge is 0.331 e. The van der Waals surface area contributed by atoms with E-state index >= 15 is 0 Å². The van der Waals surface area contributed by atoms with Crippen molar-refractivity contribution in [3.05, 3.63) is 54.1 Å². The topological polar surface area (TPSA) is 86.6 Å². The Labute approximate surface area is 135 Å². The Kier molecular flexibility index (Phi) is 5.97. The lowest BCUT2D eigenvalue weighted by Crippen LogP contribution is -2.34. The van der Waals surface area contributed by atoms with Crippen molar-refractivity contribution >= 4 is 11.9 Å². The first-order chi connectivity index (χ1) is 11.1. The van der Waals surface area contributed by atoms with Crippen LogP contribution in [0.15, 0.2) is 48.6 Å². The Balaban J connectivity index is 0.000000268. The van der Waals surface area contributed by atoms with Gasteiger partial charge in [-0.15, -0.1) is 0 Å². The van der Waals surface area contributed by atoms with Gasteiger partial charge in [0.15, 0.2) is 6.04 Å². The van der Waals surface area contributed by atoms with Gasteiger partial charge >= 0.3 is 5.97 Å². The summed E-state index contributed by atoms with van der Waals surface area (Å²) in [5, 5.41) is 21.1. The van der Waals surface area contributed by atoms with Crippen molar-refractivity contribution in [2.24, 2.45) is 5.92 Å². The molecule has 23 heavy (non-hydrogen) atoms. The van der Waals surface area contributed by atoms with E-state index in [9.17, 15) is 14.7 Å². The molecule has 3 rings (SSSR count). The van der Waals surface area contributed by atoms with Gasteiger partial charge in [0.05, 0.1) is 0 Å². The largest absolute Gasteiger partial charge is 0.508 e. The average Bonchev–Trinajstić information content (AvgIpc) is 3.40. The van der Waals surface area contributed by atoms with Gasteiger partial charge in [0.2, 0.25) is 5.91 Å². The quantitative estimate of drug-likeness (QED) is 0.797. The normalized spacial score (nSPS) is 16.9. The van der Waals surface area contributed by atoms with Crippen molar-refractivity contribution in [3.8, 4) is 5.75 Å². The highest BCUT2D eigenvalue weighted by molar-refractivity contribution is 5.87. The van der Waals surface area contributed by atoms with Gasteiger partial charge in [0.25, 0.3) is 0 Å². The molecule has 0 spiro atoms. The van der Waals surface area contributed by atoms with Crippen molar-refractivity contribution < 1.29 is 19.8 Å². The molecular formula is C18H21NO4. The summed E-state index contributed by atoms with van der Waals surface area (Å²) in [7, 11) is 0. The molecule has 1 atom stereocenters. The van der Waals surface area contributed by atoms with Gasteiger partial charge in [-0.2, -0.15) is 0 Å². The van der Waals surface area contributed by atoms with Crippen LogP contribution in [0.4, 0.5) is 0 Å². The van der Waals surface area contributed by atoms with Gasteiger partial charge in [-0.1, -0.05) is 42.5 Å². The Morgan fingerprint density at radius 2 is 1.70 bits per heavy atom. The molecule has 122 valence electrons. The number of carbonyl (C=O) groups is 2. The van der Waals surface area contributed by atoms with Crippen molar-refractivity contribution in [2.75, 3.05) is 0 Å². The molecule has 5 nitrogen and oxygen atoms in total. The zero-order valence-electron chi connectivity index (χ0n) is 12.8. The number of nitrogens with one attached hydrogen (secondary N) is 1. The van der Waals surface area contributed by atoms with Gasteiger partial charge in [-0.25, -0.2) is 4.79 Å². The number of phenolic OH excluding ortho intramolecular Hbond substituents is 1. The van der Waals surface area contributed by atoms with E-state index in [1.54, 1.807) is 12.1 Å². The van der Waals surface area contributed by atoms with Gasteiger partial charge in [0.1, 0.15) is 5.75 Å². The second-order valence-electron chi connectivity index (χ2n) is 5.55. The molecule has 1 amide bonds. The van der Waals surface area contributed by atoms with Gasteiger partial charge in [0, 0.05) is 11.5 Å². The zero-order valence-corrected chi connectivity index (χ0v) is 12.8. The highest BCUT2D eigenvalue weighted by Crippen LogP contribution is 2.31. The molecule has 1 fully saturated rings. The van der Waals surface area contributed by atoms with Gasteiger partial charge in [-0.05, 0) is 31.7 Å². The zero-order chi connectivity index (χ0) is 16.7. The van der Waals surface area contributed by atoms with Crippen LogP contribution < -0.4 is 5.32 Å². The third kappa shape index (κ3) is 5.29. The molecule has 1 saturated carbocycles. The number of carbonyl (C=O) groups excluding carboxylic acids is 1. The number of carboxylic acids is 1. The molecule has 0 bridgehead atoms. The highest BCUT2D eigenvalue weighted by Gasteiger charge is 2.33. The number of hydrogen-bond donors (Lipinski definition) is 3. The van der Waals surface area contributed by atoms with Gasteiger partial charge < -0.3 is 15.5 Å². The fraction of sp³-hybridized carbons (Fsp3) is 0.333. The molecule has 2 aliphatic rings. The predicted octanol–water partition coefficient (Wildman–Crippen LogP) is 2.94. The minimum Gasteiger partial charge on any atom is -0.508 e. The summed E-state index contributed by atoms with van der Waals surface area (Å²) in [6.45, 7) is 0. The number of aliphatic carboxylic acids is 1. The second kappa shape index (κ2) is 8.17. The summed E-state index contributed by atoms with van der Waals surface area (Å²) in [4.78, 5) is 22.7. The molecule has 0 aromatic heterocycles. The van der Waals surface area contributed by atoms with Crippen LogP contribution in [-0.4, -0.2) is 22.1 Å². The monoisotopic (exact) mass is 315 g/mol. The number of hydrogen-bond acceptors (Lipinski definition) is 3. The van der Waals surface area contributed by atoms with E-state index < -0.39 is 12.0 Å². The predicted molar refractivity (Wildman–Crippen MR) is 86.9 cm³/mol.